The second-order valence-corrected chi connectivity index (χ2v) is 5.64. The number of benzene rings is 2. The van der Waals surface area contributed by atoms with Crippen molar-refractivity contribution in [3.63, 3.8) is 0 Å². The Hall–Kier alpha value is -3.48. The van der Waals surface area contributed by atoms with E-state index in [2.05, 4.69) is 4.74 Å². The summed E-state index contributed by atoms with van der Waals surface area (Å²) in [6.45, 7) is 1.27. The molecule has 0 saturated heterocycles. The molecule has 1 aliphatic rings. The van der Waals surface area contributed by atoms with E-state index in [1.165, 1.54) is 25.3 Å². The maximum absolute atomic E-state index is 12.7. The van der Waals surface area contributed by atoms with Crippen LogP contribution < -0.4 is 4.90 Å². The van der Waals surface area contributed by atoms with Gasteiger partial charge in [0, 0.05) is 0 Å². The van der Waals surface area contributed by atoms with Crippen LogP contribution >= 0.6 is 0 Å². The molecule has 0 atom stereocenters. The van der Waals surface area contributed by atoms with E-state index in [4.69, 9.17) is 4.74 Å². The molecule has 132 valence electrons. The van der Waals surface area contributed by atoms with E-state index in [0.29, 0.717) is 5.69 Å². The zero-order valence-corrected chi connectivity index (χ0v) is 14.1. The summed E-state index contributed by atoms with van der Waals surface area (Å²) in [7, 11) is 1.18. The number of imide groups is 1. The van der Waals surface area contributed by atoms with Crippen molar-refractivity contribution in [2.24, 2.45) is 0 Å². The van der Waals surface area contributed by atoms with Gasteiger partial charge in [-0.05, 0) is 36.8 Å². The third-order valence-corrected chi connectivity index (χ3v) is 4.03. The summed E-state index contributed by atoms with van der Waals surface area (Å²) < 4.78 is 9.20. The molecule has 0 radical (unpaired) electrons. The molecule has 0 N–H and O–H groups in total. The molecule has 7 nitrogen and oxygen atoms in total. The molecule has 0 spiro atoms. The van der Waals surface area contributed by atoms with Crippen LogP contribution in [0.3, 0.4) is 0 Å². The monoisotopic (exact) mass is 353 g/mol. The molecule has 26 heavy (non-hydrogen) atoms. The number of para-hydroxylation sites is 1. The van der Waals surface area contributed by atoms with E-state index >= 15 is 0 Å². The number of rotatable bonds is 4. The molecule has 1 aliphatic heterocycles. The number of methoxy groups -OCH3 is 1. The van der Waals surface area contributed by atoms with Crippen molar-refractivity contribution in [2.45, 2.75) is 6.92 Å². The van der Waals surface area contributed by atoms with Gasteiger partial charge in [0.05, 0.1) is 29.5 Å². The second-order valence-electron chi connectivity index (χ2n) is 5.64. The number of aryl methyl sites for hydroxylation is 1. The number of hydrogen-bond donors (Lipinski definition) is 0. The lowest BCUT2D eigenvalue weighted by atomic mass is 10.1. The number of ether oxygens (including phenoxy) is 2. The van der Waals surface area contributed by atoms with Gasteiger partial charge in [0.25, 0.3) is 11.8 Å². The van der Waals surface area contributed by atoms with Gasteiger partial charge in [-0.25, -0.2) is 14.5 Å². The average Bonchev–Trinajstić information content (AvgIpc) is 2.90. The topological polar surface area (TPSA) is 90.0 Å². The first-order chi connectivity index (χ1) is 12.4. The summed E-state index contributed by atoms with van der Waals surface area (Å²) in [6.07, 6.45) is 0. The predicted octanol–water partition coefficient (Wildman–Crippen LogP) is 2.13. The van der Waals surface area contributed by atoms with Crippen molar-refractivity contribution in [1.29, 1.82) is 0 Å². The standard InChI is InChI=1S/C19H15NO6/c1-11-5-3-4-6-15(11)20-17(22)13-8-7-12(9-14(13)18(20)23)19(24)26-10-16(21)25-2/h3-9H,10H2,1-2H3. The summed E-state index contributed by atoms with van der Waals surface area (Å²) in [5.41, 5.74) is 1.67. The largest absolute Gasteiger partial charge is 0.466 e. The van der Waals surface area contributed by atoms with Crippen molar-refractivity contribution >= 4 is 29.4 Å². The van der Waals surface area contributed by atoms with E-state index in [1.54, 1.807) is 25.1 Å². The van der Waals surface area contributed by atoms with E-state index in [9.17, 15) is 19.2 Å². The average molecular weight is 353 g/mol. The Morgan fingerprint density at radius 3 is 2.38 bits per heavy atom. The Morgan fingerprint density at radius 2 is 1.69 bits per heavy atom. The highest BCUT2D eigenvalue weighted by Crippen LogP contribution is 2.31. The zero-order chi connectivity index (χ0) is 18.8. The minimum absolute atomic E-state index is 0.0698. The van der Waals surface area contributed by atoms with E-state index in [0.717, 1.165) is 10.5 Å². The molecule has 7 heteroatoms. The lowest BCUT2D eigenvalue weighted by Crippen LogP contribution is -2.29. The number of nitrogens with zero attached hydrogens (tertiary/aromatic N) is 1. The maximum Gasteiger partial charge on any atom is 0.344 e. The molecule has 2 aromatic carbocycles. The number of amides is 2. The molecule has 0 unspecified atom stereocenters. The Bertz CT molecular complexity index is 933. The van der Waals surface area contributed by atoms with Crippen LogP contribution in [0.4, 0.5) is 5.69 Å². The Morgan fingerprint density at radius 1 is 1.00 bits per heavy atom. The van der Waals surface area contributed by atoms with Gasteiger partial charge in [-0.1, -0.05) is 18.2 Å². The van der Waals surface area contributed by atoms with Gasteiger partial charge < -0.3 is 9.47 Å². The van der Waals surface area contributed by atoms with Gasteiger partial charge in [0.15, 0.2) is 6.61 Å². The summed E-state index contributed by atoms with van der Waals surface area (Å²) in [6, 6.07) is 11.1. The zero-order valence-electron chi connectivity index (χ0n) is 14.1. The van der Waals surface area contributed by atoms with Crippen LogP contribution in [0.25, 0.3) is 0 Å². The fraction of sp³-hybridized carbons (Fsp3) is 0.158. The molecule has 0 aliphatic carbocycles. The predicted molar refractivity (Wildman–Crippen MR) is 91.1 cm³/mol. The van der Waals surface area contributed by atoms with Gasteiger partial charge in [-0.15, -0.1) is 0 Å². The summed E-state index contributed by atoms with van der Waals surface area (Å²) in [4.78, 5) is 49.5. The van der Waals surface area contributed by atoms with Crippen LogP contribution in [0.15, 0.2) is 42.5 Å². The third kappa shape index (κ3) is 2.95. The maximum atomic E-state index is 12.7. The van der Waals surface area contributed by atoms with Gasteiger partial charge in [-0.3, -0.25) is 9.59 Å². The number of anilines is 1. The van der Waals surface area contributed by atoms with E-state index in [-0.39, 0.29) is 16.7 Å². The van der Waals surface area contributed by atoms with Crippen molar-refractivity contribution in [3.05, 3.63) is 64.7 Å². The molecular formula is C19H15NO6. The molecule has 0 saturated carbocycles. The first kappa shape index (κ1) is 17.3. The summed E-state index contributed by atoms with van der Waals surface area (Å²) in [5, 5.41) is 0. The third-order valence-electron chi connectivity index (χ3n) is 4.03. The second kappa shape index (κ2) is 6.79. The normalized spacial score (nSPS) is 12.8. The molecule has 3 rings (SSSR count). The minimum Gasteiger partial charge on any atom is -0.466 e. The summed E-state index contributed by atoms with van der Waals surface area (Å²) >= 11 is 0. The molecule has 1 heterocycles. The van der Waals surface area contributed by atoms with Gasteiger partial charge in [0.1, 0.15) is 0 Å². The highest BCUT2D eigenvalue weighted by molar-refractivity contribution is 6.34. The number of esters is 2. The smallest absolute Gasteiger partial charge is 0.344 e. The van der Waals surface area contributed by atoms with Crippen LogP contribution in [0.5, 0.6) is 0 Å². The van der Waals surface area contributed by atoms with Crippen LogP contribution in [0.1, 0.15) is 36.6 Å². The lowest BCUT2D eigenvalue weighted by molar-refractivity contribution is -0.144. The fourth-order valence-corrected chi connectivity index (χ4v) is 2.67. The van der Waals surface area contributed by atoms with E-state index in [1.807, 2.05) is 6.07 Å². The lowest BCUT2D eigenvalue weighted by Gasteiger charge is -2.16. The summed E-state index contributed by atoms with van der Waals surface area (Å²) in [5.74, 6) is -2.44. The Labute approximate surface area is 149 Å². The van der Waals surface area contributed by atoms with Gasteiger partial charge >= 0.3 is 11.9 Å². The number of fused-ring (bicyclic) bond motifs is 1. The van der Waals surface area contributed by atoms with Crippen molar-refractivity contribution in [3.8, 4) is 0 Å². The molecular weight excluding hydrogens is 338 g/mol. The Kier molecular flexibility index (Phi) is 4.53. The Balaban J connectivity index is 1.90. The molecule has 0 bridgehead atoms. The molecule has 0 aromatic heterocycles. The number of carbonyl (C=O) groups is 4. The first-order valence-electron chi connectivity index (χ1n) is 7.76. The van der Waals surface area contributed by atoms with Crippen molar-refractivity contribution in [1.82, 2.24) is 0 Å². The highest BCUT2D eigenvalue weighted by atomic mass is 16.6. The number of carbonyl (C=O) groups excluding carboxylic acids is 4. The fourth-order valence-electron chi connectivity index (χ4n) is 2.67. The van der Waals surface area contributed by atoms with Crippen LogP contribution in [0, 0.1) is 6.92 Å². The minimum atomic E-state index is -0.784. The van der Waals surface area contributed by atoms with E-state index < -0.39 is 30.4 Å². The van der Waals surface area contributed by atoms with Crippen molar-refractivity contribution in [2.75, 3.05) is 18.6 Å². The molecule has 2 amide bonds. The number of hydrogen-bond acceptors (Lipinski definition) is 6. The molecule has 0 fully saturated rings. The highest BCUT2D eigenvalue weighted by Gasteiger charge is 2.37. The first-order valence-corrected chi connectivity index (χ1v) is 7.76. The quantitative estimate of drug-likeness (QED) is 0.618. The van der Waals surface area contributed by atoms with Crippen molar-refractivity contribution < 1.29 is 28.7 Å². The molecule has 2 aromatic rings. The van der Waals surface area contributed by atoms with Crippen LogP contribution in [-0.4, -0.2) is 37.5 Å². The van der Waals surface area contributed by atoms with Crippen LogP contribution in [0.2, 0.25) is 0 Å². The SMILES string of the molecule is COC(=O)COC(=O)c1ccc2c(c1)C(=O)N(c1ccccc1C)C2=O. The van der Waals surface area contributed by atoms with Gasteiger partial charge in [-0.2, -0.15) is 0 Å². The van der Waals surface area contributed by atoms with Gasteiger partial charge in [0.2, 0.25) is 0 Å². The van der Waals surface area contributed by atoms with Crippen LogP contribution in [-0.2, 0) is 14.3 Å².